The Morgan fingerprint density at radius 2 is 0.865 bits per heavy atom. The highest BCUT2D eigenvalue weighted by atomic mass is 16.7. The minimum absolute atomic E-state index is 0.220. The molecule has 0 radical (unpaired) electrons. The number of fused-ring (bicyclic) bond motifs is 8. The molecule has 6 aliphatic heterocycles. The van der Waals surface area contributed by atoms with Crippen LogP contribution in [-0.2, 0) is 67.3 Å². The first-order valence-corrected chi connectivity index (χ1v) is 19.4. The Hall–Kier alpha value is -3.76. The van der Waals surface area contributed by atoms with Gasteiger partial charge in [0, 0.05) is 33.4 Å². The van der Waals surface area contributed by atoms with Crippen LogP contribution in [0.4, 0.5) is 0 Å². The van der Waals surface area contributed by atoms with E-state index >= 15 is 0 Å². The Balaban J connectivity index is 1.03. The third kappa shape index (κ3) is 4.43. The fraction of sp³-hybridized carbons (Fsp3) is 0.455. The largest absolute Gasteiger partial charge is 0.484 e. The van der Waals surface area contributed by atoms with Crippen molar-refractivity contribution in [3.05, 3.63) is 116 Å². The molecule has 2 aliphatic carbocycles. The van der Waals surface area contributed by atoms with E-state index in [0.717, 1.165) is 61.2 Å². The van der Waals surface area contributed by atoms with Crippen LogP contribution in [0.15, 0.2) is 60.7 Å². The number of ether oxygens (including phenoxy) is 8. The molecule has 6 heterocycles. The molecule has 0 unspecified atom stereocenters. The van der Waals surface area contributed by atoms with Gasteiger partial charge in [-0.25, -0.2) is 0 Å². The number of hydrogen-bond donors (Lipinski definition) is 0. The molecular formula is C44H42O8. The normalized spacial score (nSPS) is 31.9. The molecule has 4 aromatic rings. The van der Waals surface area contributed by atoms with E-state index in [2.05, 4.69) is 24.3 Å². The maximum Gasteiger partial charge on any atom is 0.184 e. The lowest BCUT2D eigenvalue weighted by Crippen LogP contribution is -2.50. The predicted octanol–water partition coefficient (Wildman–Crippen LogP) is 8.00. The highest BCUT2D eigenvalue weighted by Gasteiger charge is 2.53. The van der Waals surface area contributed by atoms with E-state index in [1.54, 1.807) is 0 Å². The maximum atomic E-state index is 7.22. The van der Waals surface area contributed by atoms with Crippen LogP contribution in [0.3, 0.4) is 0 Å². The van der Waals surface area contributed by atoms with Crippen molar-refractivity contribution in [2.45, 2.75) is 114 Å². The van der Waals surface area contributed by atoms with Gasteiger partial charge in [0.25, 0.3) is 0 Å². The SMILES string of the molecule is c1ccc([C@@H]2OC[C@H]3Oc4c(-c5c6c(c7c8c5O[C@@H]5CO[C@@H](c9ccccc9)O[C@H]5[C@@H]8OC7)CCCC6)c5c(c6c4[C@@H](OC6)[C@@H]3O2)CCCC5)cc1. The van der Waals surface area contributed by atoms with E-state index in [-0.39, 0.29) is 36.6 Å². The molecule has 0 saturated carbocycles. The summed E-state index contributed by atoms with van der Waals surface area (Å²) in [5.74, 6) is 1.91. The van der Waals surface area contributed by atoms with E-state index in [1.807, 2.05) is 36.4 Å². The first-order valence-electron chi connectivity index (χ1n) is 19.4. The van der Waals surface area contributed by atoms with Gasteiger partial charge in [0.05, 0.1) is 26.4 Å². The molecule has 8 nitrogen and oxygen atoms in total. The molecule has 8 aliphatic rings. The minimum Gasteiger partial charge on any atom is -0.484 e. The van der Waals surface area contributed by atoms with Gasteiger partial charge in [0.15, 0.2) is 24.8 Å². The lowest BCUT2D eigenvalue weighted by Gasteiger charge is -2.45. The zero-order valence-corrected chi connectivity index (χ0v) is 29.1. The van der Waals surface area contributed by atoms with Crippen LogP contribution in [0.2, 0.25) is 0 Å². The minimum atomic E-state index is -0.453. The summed E-state index contributed by atoms with van der Waals surface area (Å²) in [5.41, 5.74) is 15.2. The van der Waals surface area contributed by atoms with Crippen LogP contribution in [0.1, 0.15) is 106 Å². The molecule has 52 heavy (non-hydrogen) atoms. The summed E-state index contributed by atoms with van der Waals surface area (Å²) in [6, 6.07) is 20.4. The van der Waals surface area contributed by atoms with Crippen molar-refractivity contribution in [2.24, 2.45) is 0 Å². The van der Waals surface area contributed by atoms with Crippen molar-refractivity contribution in [3.63, 3.8) is 0 Å². The summed E-state index contributed by atoms with van der Waals surface area (Å²) >= 11 is 0. The van der Waals surface area contributed by atoms with Gasteiger partial charge >= 0.3 is 0 Å². The Morgan fingerprint density at radius 1 is 0.442 bits per heavy atom. The average Bonchev–Trinajstić information content (AvgIpc) is 3.87. The fourth-order valence-corrected chi connectivity index (χ4v) is 10.6. The van der Waals surface area contributed by atoms with Crippen molar-refractivity contribution < 1.29 is 37.9 Å². The average molecular weight is 699 g/mol. The Morgan fingerprint density at radius 3 is 1.31 bits per heavy atom. The van der Waals surface area contributed by atoms with Gasteiger partial charge in [-0.3, -0.25) is 0 Å². The molecule has 0 aromatic heterocycles. The van der Waals surface area contributed by atoms with Crippen LogP contribution in [0.5, 0.6) is 11.5 Å². The second-order valence-corrected chi connectivity index (χ2v) is 15.7. The van der Waals surface area contributed by atoms with Crippen LogP contribution < -0.4 is 9.47 Å². The van der Waals surface area contributed by atoms with Gasteiger partial charge in [-0.1, -0.05) is 60.7 Å². The second-order valence-electron chi connectivity index (χ2n) is 15.7. The zero-order chi connectivity index (χ0) is 33.9. The summed E-state index contributed by atoms with van der Waals surface area (Å²) in [4.78, 5) is 0. The standard InChI is InChI=1S/C44H42O8/c1-3-11-23(12-4-1)43-47-21-31-37(51-43)41-35-29(19-45-41)25-15-7-9-17-27(25)33(39(35)49-31)34-28-18-10-8-16-26(28)30-20-46-42-36(30)40(34)50-32-22-48-44(52-38(32)42)24-13-5-2-6-14-24/h1-6,11-14,31-32,37-38,41-44H,7-10,15-22H2/t31-,32-,37-,38-,41-,42-,43-,44-/m1/s1. The Labute approximate surface area is 303 Å². The van der Waals surface area contributed by atoms with Crippen molar-refractivity contribution in [2.75, 3.05) is 13.2 Å². The van der Waals surface area contributed by atoms with Gasteiger partial charge in [-0.05, 0) is 84.7 Å². The molecular weight excluding hydrogens is 656 g/mol. The van der Waals surface area contributed by atoms with E-state index in [1.165, 1.54) is 68.5 Å². The molecule has 0 bridgehead atoms. The Bertz CT molecular complexity index is 1930. The number of hydrogen-bond acceptors (Lipinski definition) is 8. The lowest BCUT2D eigenvalue weighted by atomic mass is 9.73. The van der Waals surface area contributed by atoms with E-state index in [4.69, 9.17) is 37.9 Å². The van der Waals surface area contributed by atoms with Crippen molar-refractivity contribution in [1.82, 2.24) is 0 Å². The summed E-state index contributed by atoms with van der Waals surface area (Å²) in [6.45, 7) is 2.03. The molecule has 8 atom stereocenters. The molecule has 0 amide bonds. The molecule has 8 heteroatoms. The monoisotopic (exact) mass is 698 g/mol. The van der Waals surface area contributed by atoms with Crippen molar-refractivity contribution >= 4 is 0 Å². The van der Waals surface area contributed by atoms with Gasteiger partial charge in [0.1, 0.15) is 35.9 Å². The summed E-state index contributed by atoms with van der Waals surface area (Å²) < 4.78 is 54.2. The molecule has 266 valence electrons. The molecule has 2 fully saturated rings. The second kappa shape index (κ2) is 11.9. The molecule has 12 rings (SSSR count). The molecule has 0 spiro atoms. The molecule has 2 saturated heterocycles. The van der Waals surface area contributed by atoms with Gasteiger partial charge in [0.2, 0.25) is 0 Å². The van der Waals surface area contributed by atoms with Crippen LogP contribution in [-0.4, -0.2) is 37.6 Å². The van der Waals surface area contributed by atoms with Crippen molar-refractivity contribution in [3.8, 4) is 22.6 Å². The van der Waals surface area contributed by atoms with Crippen molar-refractivity contribution in [1.29, 1.82) is 0 Å². The van der Waals surface area contributed by atoms with Crippen LogP contribution >= 0.6 is 0 Å². The lowest BCUT2D eigenvalue weighted by molar-refractivity contribution is -0.280. The van der Waals surface area contributed by atoms with Gasteiger partial charge in [-0.2, -0.15) is 0 Å². The van der Waals surface area contributed by atoms with Gasteiger partial charge in [-0.15, -0.1) is 0 Å². The number of benzene rings is 4. The molecule has 0 N–H and O–H groups in total. The topological polar surface area (TPSA) is 73.8 Å². The van der Waals surface area contributed by atoms with Crippen LogP contribution in [0, 0.1) is 0 Å². The third-order valence-electron chi connectivity index (χ3n) is 12.9. The summed E-state index contributed by atoms with van der Waals surface area (Å²) in [7, 11) is 0. The van der Waals surface area contributed by atoms with E-state index < -0.39 is 12.6 Å². The van der Waals surface area contributed by atoms with E-state index in [0.29, 0.717) is 26.4 Å². The summed E-state index contributed by atoms with van der Waals surface area (Å²) in [6.07, 6.45) is 6.34. The summed E-state index contributed by atoms with van der Waals surface area (Å²) in [5, 5.41) is 0. The van der Waals surface area contributed by atoms with E-state index in [9.17, 15) is 0 Å². The maximum absolute atomic E-state index is 7.22. The quantitative estimate of drug-likeness (QED) is 0.213. The predicted molar refractivity (Wildman–Crippen MR) is 189 cm³/mol. The highest BCUT2D eigenvalue weighted by molar-refractivity contribution is 5.88. The fourth-order valence-electron chi connectivity index (χ4n) is 10.6. The third-order valence-corrected chi connectivity index (χ3v) is 12.9. The first kappa shape index (κ1) is 30.7. The first-order chi connectivity index (χ1) is 25.8. The number of rotatable bonds is 3. The highest BCUT2D eigenvalue weighted by Crippen LogP contribution is 2.61. The zero-order valence-electron chi connectivity index (χ0n) is 29.1. The van der Waals surface area contributed by atoms with Gasteiger partial charge < -0.3 is 37.9 Å². The smallest absolute Gasteiger partial charge is 0.184 e. The Kier molecular flexibility index (Phi) is 7.00. The molecule has 4 aromatic carbocycles. The van der Waals surface area contributed by atoms with Crippen LogP contribution in [0.25, 0.3) is 11.1 Å².